The number of amides is 1. The molecule has 2 aromatic rings. The fraction of sp³-hybridized carbons (Fsp3) is 0.333. The van der Waals surface area contributed by atoms with E-state index in [-0.39, 0.29) is 23.1 Å². The highest BCUT2D eigenvalue weighted by Gasteiger charge is 2.35. The van der Waals surface area contributed by atoms with Gasteiger partial charge >= 0.3 is 0 Å². The van der Waals surface area contributed by atoms with Gasteiger partial charge in [-0.25, -0.2) is 8.42 Å². The van der Waals surface area contributed by atoms with Gasteiger partial charge in [-0.15, -0.1) is 0 Å². The first kappa shape index (κ1) is 17.4. The van der Waals surface area contributed by atoms with Crippen molar-refractivity contribution in [2.75, 3.05) is 18.1 Å². The number of hydrogen-bond donors (Lipinski definition) is 1. The number of benzene rings is 1. The predicted molar refractivity (Wildman–Crippen MR) is 96.3 cm³/mol. The van der Waals surface area contributed by atoms with Crippen molar-refractivity contribution in [3.05, 3.63) is 58.5 Å². The molecule has 1 aromatic carbocycles. The Hall–Kier alpha value is -2.41. The molecule has 1 aliphatic heterocycles. The lowest BCUT2D eigenvalue weighted by Gasteiger charge is -2.27. The summed E-state index contributed by atoms with van der Waals surface area (Å²) in [5, 5.41) is 0. The van der Waals surface area contributed by atoms with Gasteiger partial charge in [0, 0.05) is 24.3 Å². The monoisotopic (exact) mass is 360 g/mol. The van der Waals surface area contributed by atoms with Crippen LogP contribution in [0.4, 0.5) is 0 Å². The fourth-order valence-electron chi connectivity index (χ4n) is 3.28. The van der Waals surface area contributed by atoms with E-state index in [0.29, 0.717) is 18.5 Å². The molecule has 1 aromatic heterocycles. The third kappa shape index (κ3) is 3.51. The van der Waals surface area contributed by atoms with Crippen molar-refractivity contribution in [1.29, 1.82) is 0 Å². The fourth-order valence-corrected chi connectivity index (χ4v) is 5.01. The molecule has 0 saturated carbocycles. The lowest BCUT2D eigenvalue weighted by molar-refractivity contribution is 0.0707. The number of aromatic nitrogens is 1. The second kappa shape index (κ2) is 6.84. The van der Waals surface area contributed by atoms with Crippen LogP contribution in [0.5, 0.6) is 0 Å². The molecule has 1 N–H and O–H groups in total. The van der Waals surface area contributed by atoms with Gasteiger partial charge in [0.2, 0.25) is 0 Å². The molecule has 1 unspecified atom stereocenters. The summed E-state index contributed by atoms with van der Waals surface area (Å²) in [6.07, 6.45) is 1.92. The van der Waals surface area contributed by atoms with Crippen LogP contribution in [0.15, 0.2) is 47.4 Å². The van der Waals surface area contributed by atoms with E-state index in [1.165, 1.54) is 11.1 Å². The van der Waals surface area contributed by atoms with E-state index in [0.717, 1.165) is 5.56 Å². The number of carbonyl (C=O) groups is 1. The van der Waals surface area contributed by atoms with Crippen LogP contribution in [0.2, 0.25) is 0 Å². The number of sulfone groups is 1. The van der Waals surface area contributed by atoms with E-state index in [1.807, 2.05) is 30.3 Å². The maximum atomic E-state index is 13.1. The molecule has 0 bridgehead atoms. The number of pyridine rings is 1. The third-order valence-corrected chi connectivity index (χ3v) is 6.26. The lowest BCUT2D eigenvalue weighted by Crippen LogP contribution is -2.43. The van der Waals surface area contributed by atoms with Crippen molar-refractivity contribution in [2.24, 2.45) is 0 Å². The zero-order valence-electron chi connectivity index (χ0n) is 13.9. The highest BCUT2D eigenvalue weighted by molar-refractivity contribution is 7.91. The number of nitrogens with one attached hydrogen (secondary N) is 1. The second-order valence-corrected chi connectivity index (χ2v) is 8.34. The second-order valence-electron chi connectivity index (χ2n) is 6.11. The molecule has 6 nitrogen and oxygen atoms in total. The van der Waals surface area contributed by atoms with E-state index < -0.39 is 21.3 Å². The molecule has 0 aliphatic carbocycles. The number of aromatic amines is 1. The average molecular weight is 360 g/mol. The van der Waals surface area contributed by atoms with Crippen LogP contribution in [0, 0.1) is 0 Å². The summed E-state index contributed by atoms with van der Waals surface area (Å²) >= 11 is 0. The number of hydrogen-bond acceptors (Lipinski definition) is 4. The minimum absolute atomic E-state index is 0.0437. The number of rotatable bonds is 4. The Morgan fingerprint density at radius 2 is 1.96 bits per heavy atom. The highest BCUT2D eigenvalue weighted by Crippen LogP contribution is 2.24. The van der Waals surface area contributed by atoms with Crippen LogP contribution >= 0.6 is 0 Å². The standard InChI is InChI=1S/C18H20N2O4S/c1-2-20(14-9-11-25(23,24)12-14)18(22)16-15(8-10-19-17(16)21)13-6-4-3-5-7-13/h3-8,10,14H,2,9,11-12H2,1H3,(H,19,21). The Balaban J connectivity index is 2.03. The molecule has 2 heterocycles. The van der Waals surface area contributed by atoms with Crippen molar-refractivity contribution in [3.63, 3.8) is 0 Å². The van der Waals surface area contributed by atoms with Gasteiger partial charge in [0.05, 0.1) is 11.5 Å². The van der Waals surface area contributed by atoms with E-state index in [1.54, 1.807) is 13.0 Å². The van der Waals surface area contributed by atoms with Gasteiger partial charge in [-0.2, -0.15) is 0 Å². The van der Waals surface area contributed by atoms with Crippen LogP contribution in [0.1, 0.15) is 23.7 Å². The lowest BCUT2D eigenvalue weighted by atomic mass is 10.00. The van der Waals surface area contributed by atoms with Gasteiger partial charge in [-0.05, 0) is 25.0 Å². The van der Waals surface area contributed by atoms with Crippen molar-refractivity contribution in [1.82, 2.24) is 9.88 Å². The van der Waals surface area contributed by atoms with Crippen LogP contribution in [-0.4, -0.2) is 48.3 Å². The van der Waals surface area contributed by atoms with E-state index >= 15 is 0 Å². The van der Waals surface area contributed by atoms with Gasteiger partial charge in [-0.1, -0.05) is 30.3 Å². The first-order chi connectivity index (χ1) is 11.9. The van der Waals surface area contributed by atoms with Crippen molar-refractivity contribution in [3.8, 4) is 11.1 Å². The zero-order chi connectivity index (χ0) is 18.0. The summed E-state index contributed by atoms with van der Waals surface area (Å²) in [7, 11) is -3.12. The van der Waals surface area contributed by atoms with Crippen LogP contribution in [0.25, 0.3) is 11.1 Å². The third-order valence-electron chi connectivity index (χ3n) is 4.51. The summed E-state index contributed by atoms with van der Waals surface area (Å²) in [4.78, 5) is 29.6. The number of carbonyl (C=O) groups excluding carboxylic acids is 1. The van der Waals surface area contributed by atoms with E-state index in [9.17, 15) is 18.0 Å². The van der Waals surface area contributed by atoms with Gasteiger partial charge in [0.15, 0.2) is 9.84 Å². The molecular weight excluding hydrogens is 340 g/mol. The molecule has 7 heteroatoms. The van der Waals surface area contributed by atoms with Crippen LogP contribution in [-0.2, 0) is 9.84 Å². The molecule has 1 fully saturated rings. The van der Waals surface area contributed by atoms with Gasteiger partial charge in [-0.3, -0.25) is 9.59 Å². The summed E-state index contributed by atoms with van der Waals surface area (Å²) < 4.78 is 23.5. The van der Waals surface area contributed by atoms with Crippen molar-refractivity contribution < 1.29 is 13.2 Å². The average Bonchev–Trinajstić information content (AvgIpc) is 2.95. The Morgan fingerprint density at radius 3 is 2.56 bits per heavy atom. The van der Waals surface area contributed by atoms with Crippen LogP contribution in [0.3, 0.4) is 0 Å². The SMILES string of the molecule is CCN(C(=O)c1c(-c2ccccc2)cc[nH]c1=O)C1CCS(=O)(=O)C1. The molecule has 25 heavy (non-hydrogen) atoms. The molecule has 1 aliphatic rings. The van der Waals surface area contributed by atoms with Gasteiger partial charge in [0.25, 0.3) is 11.5 Å². The summed E-state index contributed by atoms with van der Waals surface area (Å²) in [5.74, 6) is -0.388. The minimum atomic E-state index is -3.12. The molecule has 3 rings (SSSR count). The van der Waals surface area contributed by atoms with E-state index in [4.69, 9.17) is 0 Å². The maximum Gasteiger partial charge on any atom is 0.261 e. The largest absolute Gasteiger partial charge is 0.335 e. The van der Waals surface area contributed by atoms with Gasteiger partial charge < -0.3 is 9.88 Å². The predicted octanol–water partition coefficient (Wildman–Crippen LogP) is 1.69. The highest BCUT2D eigenvalue weighted by atomic mass is 32.2. The normalized spacial score (nSPS) is 18.8. The van der Waals surface area contributed by atoms with E-state index in [2.05, 4.69) is 4.98 Å². The summed E-state index contributed by atoms with van der Waals surface area (Å²) in [5.41, 5.74) is 0.909. The number of nitrogens with zero attached hydrogens (tertiary/aromatic N) is 1. The Bertz CT molecular complexity index is 935. The molecule has 0 spiro atoms. The van der Waals surface area contributed by atoms with Gasteiger partial charge in [0.1, 0.15) is 5.56 Å². The van der Waals surface area contributed by atoms with Crippen molar-refractivity contribution in [2.45, 2.75) is 19.4 Å². The van der Waals surface area contributed by atoms with Crippen molar-refractivity contribution >= 4 is 15.7 Å². The molecule has 1 atom stereocenters. The molecule has 132 valence electrons. The molecule has 1 saturated heterocycles. The summed E-state index contributed by atoms with van der Waals surface area (Å²) in [6, 6.07) is 10.5. The Kier molecular flexibility index (Phi) is 4.76. The smallest absolute Gasteiger partial charge is 0.261 e. The Morgan fingerprint density at radius 1 is 1.24 bits per heavy atom. The molecule has 0 radical (unpaired) electrons. The topological polar surface area (TPSA) is 87.3 Å². The first-order valence-corrected chi connectivity index (χ1v) is 10.0. The molecular formula is C18H20N2O4S. The van der Waals surface area contributed by atoms with Crippen LogP contribution < -0.4 is 5.56 Å². The summed E-state index contributed by atoms with van der Waals surface area (Å²) in [6.45, 7) is 2.14. The maximum absolute atomic E-state index is 13.1. The number of H-pyrrole nitrogens is 1. The zero-order valence-corrected chi connectivity index (χ0v) is 14.8. The minimum Gasteiger partial charge on any atom is -0.335 e. The molecule has 1 amide bonds. The Labute approximate surface area is 146 Å². The quantitative estimate of drug-likeness (QED) is 0.899. The first-order valence-electron chi connectivity index (χ1n) is 8.21.